The summed E-state index contributed by atoms with van der Waals surface area (Å²) in [6.07, 6.45) is -2.47. The summed E-state index contributed by atoms with van der Waals surface area (Å²) in [5.41, 5.74) is 2.33. The van der Waals surface area contributed by atoms with Gasteiger partial charge in [-0.15, -0.1) is 0 Å². The lowest BCUT2D eigenvalue weighted by Crippen LogP contribution is -2.45. The van der Waals surface area contributed by atoms with Crippen molar-refractivity contribution in [3.63, 3.8) is 0 Å². The van der Waals surface area contributed by atoms with Gasteiger partial charge in [0.05, 0.1) is 23.8 Å². The number of halogens is 3. The van der Waals surface area contributed by atoms with Gasteiger partial charge in [0, 0.05) is 18.7 Å². The van der Waals surface area contributed by atoms with Crippen LogP contribution >= 0.6 is 0 Å². The van der Waals surface area contributed by atoms with Crippen molar-refractivity contribution in [1.29, 1.82) is 0 Å². The van der Waals surface area contributed by atoms with Crippen LogP contribution in [0.3, 0.4) is 0 Å². The first kappa shape index (κ1) is 32.5. The van der Waals surface area contributed by atoms with E-state index in [1.54, 1.807) is 31.2 Å². The molecular weight excluding hydrogens is 593 g/mol. The SMILES string of the molecule is CCOC(=O)[C@]1(c2ccccc2)CC[C@H](C(=O)NCCCN(C=O)c2ccccc2-c2ccc(C(F)(F)F)cc2)c2ccccc21. The molecule has 4 aromatic rings. The van der Waals surface area contributed by atoms with Crippen LogP contribution in [0.1, 0.15) is 54.4 Å². The number of alkyl halides is 3. The second-order valence-corrected chi connectivity index (χ2v) is 11.2. The Morgan fingerprint density at radius 3 is 2.30 bits per heavy atom. The van der Waals surface area contributed by atoms with Gasteiger partial charge >= 0.3 is 12.1 Å². The number of benzene rings is 4. The van der Waals surface area contributed by atoms with Crippen LogP contribution in [0.2, 0.25) is 0 Å². The number of para-hydroxylation sites is 1. The van der Waals surface area contributed by atoms with Crippen LogP contribution in [0.4, 0.5) is 18.9 Å². The van der Waals surface area contributed by atoms with E-state index in [1.807, 2.05) is 54.6 Å². The zero-order valence-corrected chi connectivity index (χ0v) is 25.4. The standard InChI is InChI=1S/C37H35F3N2O4/c1-2-46-35(45)36(27-11-4-3-5-12-27)22-21-31(30-14-6-8-15-32(30)36)34(44)41-23-10-24-42(25-43)33-16-9-7-13-29(33)26-17-19-28(20-18-26)37(38,39)40/h3-9,11-20,25,31H,2,10,21-24H2,1H3,(H,41,44)/t31-,36-/m0/s1. The van der Waals surface area contributed by atoms with Gasteiger partial charge in [0.2, 0.25) is 12.3 Å². The van der Waals surface area contributed by atoms with E-state index < -0.39 is 23.1 Å². The molecule has 2 amide bonds. The molecule has 0 fully saturated rings. The van der Waals surface area contributed by atoms with Gasteiger partial charge in [-0.3, -0.25) is 14.4 Å². The third kappa shape index (κ3) is 6.54. The number of anilines is 1. The molecule has 2 atom stereocenters. The number of carbonyl (C=O) groups is 3. The van der Waals surface area contributed by atoms with Crippen LogP contribution in [0, 0.1) is 0 Å². The molecule has 1 aliphatic rings. The predicted octanol–water partition coefficient (Wildman–Crippen LogP) is 7.27. The second kappa shape index (κ2) is 14.0. The molecule has 0 saturated heterocycles. The maximum absolute atomic E-state index is 13.5. The monoisotopic (exact) mass is 628 g/mol. The van der Waals surface area contributed by atoms with E-state index in [-0.39, 0.29) is 25.0 Å². The lowest BCUT2D eigenvalue weighted by Gasteiger charge is -2.40. The molecular formula is C37H35F3N2O4. The lowest BCUT2D eigenvalue weighted by atomic mass is 9.63. The van der Waals surface area contributed by atoms with Crippen LogP contribution in [-0.4, -0.2) is 38.0 Å². The second-order valence-electron chi connectivity index (χ2n) is 11.2. The summed E-state index contributed by atoms with van der Waals surface area (Å²) in [5, 5.41) is 3.01. The first-order valence-electron chi connectivity index (χ1n) is 15.3. The average molecular weight is 629 g/mol. The molecule has 0 saturated carbocycles. The minimum absolute atomic E-state index is 0.166. The quantitative estimate of drug-likeness (QED) is 0.108. The molecule has 4 aromatic carbocycles. The zero-order valence-electron chi connectivity index (χ0n) is 25.4. The van der Waals surface area contributed by atoms with Crippen molar-refractivity contribution in [3.05, 3.63) is 125 Å². The van der Waals surface area contributed by atoms with E-state index in [4.69, 9.17) is 4.74 Å². The van der Waals surface area contributed by atoms with Gasteiger partial charge in [-0.05, 0) is 66.6 Å². The van der Waals surface area contributed by atoms with Crippen molar-refractivity contribution >= 4 is 24.0 Å². The van der Waals surface area contributed by atoms with E-state index in [9.17, 15) is 27.6 Å². The number of fused-ring (bicyclic) bond motifs is 1. The topological polar surface area (TPSA) is 75.7 Å². The molecule has 0 aromatic heterocycles. The minimum atomic E-state index is -4.44. The van der Waals surface area contributed by atoms with Gasteiger partial charge in [-0.25, -0.2) is 0 Å². The molecule has 46 heavy (non-hydrogen) atoms. The van der Waals surface area contributed by atoms with Gasteiger partial charge in [-0.1, -0.05) is 84.9 Å². The number of ether oxygens (including phenoxy) is 1. The Kier molecular flexibility index (Phi) is 9.90. The fourth-order valence-corrected chi connectivity index (χ4v) is 6.34. The van der Waals surface area contributed by atoms with Crippen LogP contribution in [-0.2, 0) is 30.7 Å². The fourth-order valence-electron chi connectivity index (χ4n) is 6.34. The molecule has 0 radical (unpaired) electrons. The van der Waals surface area contributed by atoms with Crippen LogP contribution < -0.4 is 10.2 Å². The predicted molar refractivity (Wildman–Crippen MR) is 170 cm³/mol. The number of carbonyl (C=O) groups excluding carboxylic acids is 3. The molecule has 5 rings (SSSR count). The van der Waals surface area contributed by atoms with Gasteiger partial charge in [-0.2, -0.15) is 13.2 Å². The first-order valence-corrected chi connectivity index (χ1v) is 15.3. The zero-order chi connectivity index (χ0) is 32.7. The molecule has 9 heteroatoms. The van der Waals surface area contributed by atoms with Crippen LogP contribution in [0.15, 0.2) is 103 Å². The Bertz CT molecular complexity index is 1670. The number of hydrogen-bond acceptors (Lipinski definition) is 4. The van der Waals surface area contributed by atoms with E-state index in [1.165, 1.54) is 17.0 Å². The minimum Gasteiger partial charge on any atom is -0.465 e. The largest absolute Gasteiger partial charge is 0.465 e. The molecule has 1 N–H and O–H groups in total. The van der Waals surface area contributed by atoms with E-state index in [2.05, 4.69) is 5.32 Å². The molecule has 0 bridgehead atoms. The van der Waals surface area contributed by atoms with Crippen LogP contribution in [0.5, 0.6) is 0 Å². The van der Waals surface area contributed by atoms with Crippen molar-refractivity contribution in [1.82, 2.24) is 5.32 Å². The average Bonchev–Trinajstić information content (AvgIpc) is 3.08. The number of amides is 2. The molecule has 1 aliphatic carbocycles. The highest BCUT2D eigenvalue weighted by Crippen LogP contribution is 2.48. The summed E-state index contributed by atoms with van der Waals surface area (Å²) in [6.45, 7) is 2.60. The van der Waals surface area contributed by atoms with Crippen molar-refractivity contribution < 1.29 is 32.3 Å². The highest BCUT2D eigenvalue weighted by atomic mass is 19.4. The summed E-state index contributed by atoms with van der Waals surface area (Å²) < 4.78 is 44.8. The lowest BCUT2D eigenvalue weighted by molar-refractivity contribution is -0.149. The van der Waals surface area contributed by atoms with Crippen LogP contribution in [0.25, 0.3) is 11.1 Å². The third-order valence-corrected chi connectivity index (χ3v) is 8.55. The first-order chi connectivity index (χ1) is 22.2. The summed E-state index contributed by atoms with van der Waals surface area (Å²) in [6, 6.07) is 28.9. The highest BCUT2D eigenvalue weighted by Gasteiger charge is 2.49. The molecule has 238 valence electrons. The van der Waals surface area contributed by atoms with Gasteiger partial charge in [0.25, 0.3) is 0 Å². The van der Waals surface area contributed by atoms with Gasteiger partial charge in [0.1, 0.15) is 5.41 Å². The number of hydrogen-bond donors (Lipinski definition) is 1. The summed E-state index contributed by atoms with van der Waals surface area (Å²) in [5.74, 6) is -0.969. The van der Waals surface area contributed by atoms with Gasteiger partial charge in [0.15, 0.2) is 0 Å². The summed E-state index contributed by atoms with van der Waals surface area (Å²) in [7, 11) is 0. The Balaban J connectivity index is 1.28. The number of nitrogens with zero attached hydrogens (tertiary/aromatic N) is 1. The Morgan fingerprint density at radius 2 is 1.61 bits per heavy atom. The molecule has 0 spiro atoms. The highest BCUT2D eigenvalue weighted by molar-refractivity contribution is 5.92. The molecule has 6 nitrogen and oxygen atoms in total. The van der Waals surface area contributed by atoms with Crippen molar-refractivity contribution in [2.24, 2.45) is 0 Å². The van der Waals surface area contributed by atoms with Crippen molar-refractivity contribution in [2.75, 3.05) is 24.6 Å². The van der Waals surface area contributed by atoms with E-state index in [0.717, 1.165) is 28.8 Å². The maximum Gasteiger partial charge on any atom is 0.416 e. The number of rotatable bonds is 11. The maximum atomic E-state index is 13.5. The van der Waals surface area contributed by atoms with Crippen molar-refractivity contribution in [3.8, 4) is 11.1 Å². The fraction of sp³-hybridized carbons (Fsp3) is 0.270. The molecule has 0 aliphatic heterocycles. The Labute approximate surface area is 266 Å². The summed E-state index contributed by atoms with van der Waals surface area (Å²) in [4.78, 5) is 40.7. The molecule has 0 heterocycles. The van der Waals surface area contributed by atoms with Crippen molar-refractivity contribution in [2.45, 2.75) is 43.7 Å². The Morgan fingerprint density at radius 1 is 0.935 bits per heavy atom. The number of esters is 1. The third-order valence-electron chi connectivity index (χ3n) is 8.55. The smallest absolute Gasteiger partial charge is 0.416 e. The number of nitrogens with one attached hydrogen (secondary N) is 1. The normalized spacial score (nSPS) is 17.4. The van der Waals surface area contributed by atoms with E-state index >= 15 is 0 Å². The Hall–Kier alpha value is -4.92. The van der Waals surface area contributed by atoms with E-state index in [0.29, 0.717) is 49.0 Å². The van der Waals surface area contributed by atoms with Gasteiger partial charge < -0.3 is 15.0 Å². The molecule has 0 unspecified atom stereocenters. The summed E-state index contributed by atoms with van der Waals surface area (Å²) >= 11 is 0.